The highest BCUT2D eigenvalue weighted by Crippen LogP contribution is 2.33. The van der Waals surface area contributed by atoms with Crippen molar-refractivity contribution < 1.29 is 18.8 Å². The van der Waals surface area contributed by atoms with Crippen LogP contribution in [0.2, 0.25) is 0 Å². The molecule has 148 valence electrons. The first-order chi connectivity index (χ1) is 13.7. The molecule has 2 aromatic rings. The molecular formula is C18H21FN6O3. The number of amides is 1. The number of ether oxygens (including phenoxy) is 1. The maximum atomic E-state index is 13.0. The molecule has 10 heteroatoms. The smallest absolute Gasteiger partial charge is 0.250 e. The van der Waals surface area contributed by atoms with Crippen LogP contribution in [0.1, 0.15) is 31.0 Å². The zero-order valence-electron chi connectivity index (χ0n) is 15.5. The lowest BCUT2D eigenvalue weighted by atomic mass is 9.95. The number of hydrogen-bond donors (Lipinski definition) is 0. The number of halogens is 1. The van der Waals surface area contributed by atoms with Gasteiger partial charge in [-0.2, -0.15) is 0 Å². The van der Waals surface area contributed by atoms with E-state index < -0.39 is 5.82 Å². The summed E-state index contributed by atoms with van der Waals surface area (Å²) in [6.45, 7) is 1.70. The predicted octanol–water partition coefficient (Wildman–Crippen LogP) is 1.54. The van der Waals surface area contributed by atoms with Gasteiger partial charge >= 0.3 is 0 Å². The third-order valence-corrected chi connectivity index (χ3v) is 5.04. The number of methoxy groups -OCH3 is 1. The van der Waals surface area contributed by atoms with Crippen molar-refractivity contribution in [3.63, 3.8) is 0 Å². The molecule has 2 aliphatic heterocycles. The first-order valence-corrected chi connectivity index (χ1v) is 9.20. The Morgan fingerprint density at radius 3 is 2.64 bits per heavy atom. The molecule has 2 aromatic heterocycles. The Hall–Kier alpha value is -2.88. The minimum absolute atomic E-state index is 0.0493. The predicted molar refractivity (Wildman–Crippen MR) is 95.7 cm³/mol. The molecule has 2 saturated heterocycles. The zero-order valence-corrected chi connectivity index (χ0v) is 15.5. The molecule has 1 amide bonds. The van der Waals surface area contributed by atoms with Crippen LogP contribution in [0, 0.1) is 11.7 Å². The third kappa shape index (κ3) is 3.72. The average molecular weight is 388 g/mol. The Morgan fingerprint density at radius 2 is 1.93 bits per heavy atom. The normalized spacial score (nSPS) is 20.4. The van der Waals surface area contributed by atoms with Gasteiger partial charge in [0, 0.05) is 25.4 Å². The average Bonchev–Trinajstić information content (AvgIpc) is 3.24. The Bertz CT molecular complexity index is 828. The van der Waals surface area contributed by atoms with Crippen molar-refractivity contribution in [2.45, 2.75) is 25.3 Å². The summed E-state index contributed by atoms with van der Waals surface area (Å²) in [7, 11) is 1.53. The number of carbonyl (C=O) groups is 1. The van der Waals surface area contributed by atoms with E-state index in [0.717, 1.165) is 12.4 Å². The minimum Gasteiger partial charge on any atom is -0.480 e. The molecule has 0 N–H and O–H groups in total. The van der Waals surface area contributed by atoms with Gasteiger partial charge in [0.25, 0.3) is 0 Å². The highest BCUT2D eigenvalue weighted by molar-refractivity contribution is 5.78. The fourth-order valence-corrected chi connectivity index (χ4v) is 3.55. The van der Waals surface area contributed by atoms with Gasteiger partial charge in [0.1, 0.15) is 6.04 Å². The fraction of sp³-hybridized carbons (Fsp3) is 0.500. The van der Waals surface area contributed by atoms with Gasteiger partial charge in [0.15, 0.2) is 5.82 Å². The number of carbonyl (C=O) groups excluding carboxylic acids is 1. The molecule has 2 aliphatic rings. The van der Waals surface area contributed by atoms with Gasteiger partial charge in [-0.1, -0.05) is 0 Å². The summed E-state index contributed by atoms with van der Waals surface area (Å²) in [5.74, 6) is 0.216. The number of piperidine rings is 1. The van der Waals surface area contributed by atoms with Crippen LogP contribution in [-0.2, 0) is 9.63 Å². The molecule has 0 spiro atoms. The second-order valence-corrected chi connectivity index (χ2v) is 6.75. The van der Waals surface area contributed by atoms with Gasteiger partial charge in [-0.25, -0.2) is 24.4 Å². The lowest BCUT2D eigenvalue weighted by Gasteiger charge is -2.33. The van der Waals surface area contributed by atoms with Gasteiger partial charge in [0.05, 0.1) is 44.2 Å². The largest absolute Gasteiger partial charge is 0.480 e. The van der Waals surface area contributed by atoms with Crippen molar-refractivity contribution in [2.75, 3.05) is 31.7 Å². The topological polar surface area (TPSA) is 93.6 Å². The second kappa shape index (κ2) is 8.01. The number of hydroxylamine groups is 2. The van der Waals surface area contributed by atoms with Crippen molar-refractivity contribution in [2.24, 2.45) is 5.92 Å². The van der Waals surface area contributed by atoms with Gasteiger partial charge in [-0.3, -0.25) is 14.6 Å². The van der Waals surface area contributed by atoms with Crippen LogP contribution in [0.5, 0.6) is 5.88 Å². The van der Waals surface area contributed by atoms with Crippen molar-refractivity contribution >= 4 is 11.9 Å². The van der Waals surface area contributed by atoms with Crippen molar-refractivity contribution in [1.82, 2.24) is 25.0 Å². The van der Waals surface area contributed by atoms with E-state index in [1.165, 1.54) is 18.4 Å². The summed E-state index contributed by atoms with van der Waals surface area (Å²) >= 11 is 0. The van der Waals surface area contributed by atoms with E-state index in [1.807, 2.05) is 4.90 Å². The van der Waals surface area contributed by atoms with Crippen LogP contribution in [0.3, 0.4) is 0 Å². The number of hydrogen-bond acceptors (Lipinski definition) is 8. The number of nitrogens with zero attached hydrogens (tertiary/aromatic N) is 6. The van der Waals surface area contributed by atoms with Crippen molar-refractivity contribution in [1.29, 1.82) is 0 Å². The molecule has 0 saturated carbocycles. The molecule has 0 aliphatic carbocycles. The van der Waals surface area contributed by atoms with Crippen LogP contribution in [0.4, 0.5) is 10.3 Å². The van der Waals surface area contributed by atoms with Crippen molar-refractivity contribution in [3.05, 3.63) is 36.3 Å². The molecule has 0 bridgehead atoms. The second-order valence-electron chi connectivity index (χ2n) is 6.75. The number of anilines is 1. The summed E-state index contributed by atoms with van der Waals surface area (Å²) in [5.41, 5.74) is 0.655. The highest BCUT2D eigenvalue weighted by Gasteiger charge is 2.38. The molecule has 0 aromatic carbocycles. The summed E-state index contributed by atoms with van der Waals surface area (Å²) in [6.07, 6.45) is 7.42. The summed E-state index contributed by atoms with van der Waals surface area (Å²) in [6, 6.07) is -0.270. The van der Waals surface area contributed by atoms with Gasteiger partial charge in [-0.15, -0.1) is 0 Å². The molecule has 2 fully saturated rings. The monoisotopic (exact) mass is 388 g/mol. The summed E-state index contributed by atoms with van der Waals surface area (Å²) in [5, 5.41) is 1.44. The van der Waals surface area contributed by atoms with E-state index >= 15 is 0 Å². The summed E-state index contributed by atoms with van der Waals surface area (Å²) in [4.78, 5) is 37.2. The molecule has 4 rings (SSSR count). The van der Waals surface area contributed by atoms with Crippen LogP contribution in [0.25, 0.3) is 0 Å². The Kier molecular flexibility index (Phi) is 5.29. The van der Waals surface area contributed by atoms with Gasteiger partial charge in [-0.05, 0) is 12.8 Å². The molecule has 4 heterocycles. The molecule has 1 atom stereocenters. The number of rotatable bonds is 4. The van der Waals surface area contributed by atoms with Crippen LogP contribution >= 0.6 is 0 Å². The van der Waals surface area contributed by atoms with E-state index in [-0.39, 0.29) is 17.9 Å². The van der Waals surface area contributed by atoms with Gasteiger partial charge < -0.3 is 9.64 Å². The minimum atomic E-state index is -0.466. The molecule has 9 nitrogen and oxygen atoms in total. The maximum absolute atomic E-state index is 13.0. The third-order valence-electron chi connectivity index (χ3n) is 5.04. The van der Waals surface area contributed by atoms with E-state index in [1.54, 1.807) is 6.20 Å². The van der Waals surface area contributed by atoms with Crippen LogP contribution in [-0.4, -0.2) is 57.7 Å². The summed E-state index contributed by atoms with van der Waals surface area (Å²) < 4.78 is 18.1. The lowest BCUT2D eigenvalue weighted by molar-refractivity contribution is -0.182. The quantitative estimate of drug-likeness (QED) is 0.779. The SMILES string of the molecule is COc1cncc([C@@H]2CCON2C(=O)C2CCN(c3ncc(F)cn3)CC2)n1. The fourth-order valence-electron chi connectivity index (χ4n) is 3.55. The van der Waals surface area contributed by atoms with E-state index in [9.17, 15) is 9.18 Å². The van der Waals surface area contributed by atoms with Gasteiger partial charge in [0.2, 0.25) is 17.7 Å². The Balaban J connectivity index is 1.41. The Labute approximate surface area is 161 Å². The molecule has 28 heavy (non-hydrogen) atoms. The first kappa shape index (κ1) is 18.5. The van der Waals surface area contributed by atoms with E-state index in [0.29, 0.717) is 56.5 Å². The molecule has 0 unspecified atom stereocenters. The van der Waals surface area contributed by atoms with Crippen molar-refractivity contribution in [3.8, 4) is 5.88 Å². The standard InChI is InChI=1S/C18H21FN6O3/c1-27-16-11-20-10-14(23-16)15-4-7-28-25(15)17(26)12-2-5-24(6-3-12)18-21-8-13(19)9-22-18/h8-12,15H,2-7H2,1H3/t15-/m0/s1. The zero-order chi connectivity index (χ0) is 19.5. The van der Waals surface area contributed by atoms with E-state index in [2.05, 4.69) is 19.9 Å². The van der Waals surface area contributed by atoms with Crippen LogP contribution < -0.4 is 9.64 Å². The lowest BCUT2D eigenvalue weighted by Crippen LogP contribution is -2.42. The molecular weight excluding hydrogens is 367 g/mol. The Morgan fingerprint density at radius 1 is 1.18 bits per heavy atom. The van der Waals surface area contributed by atoms with Crippen LogP contribution in [0.15, 0.2) is 24.8 Å². The highest BCUT2D eigenvalue weighted by atomic mass is 19.1. The maximum Gasteiger partial charge on any atom is 0.250 e. The van der Waals surface area contributed by atoms with E-state index in [4.69, 9.17) is 9.57 Å². The molecule has 0 radical (unpaired) electrons. The first-order valence-electron chi connectivity index (χ1n) is 9.20. The number of aromatic nitrogens is 4.